The Labute approximate surface area is 203 Å². The van der Waals surface area contributed by atoms with E-state index < -0.39 is 15.9 Å². The molecule has 0 aliphatic carbocycles. The number of ether oxygens (including phenoxy) is 2. The number of nitrogens with zero attached hydrogens (tertiary/aromatic N) is 3. The number of aromatic nitrogens is 1. The molecule has 0 spiro atoms. The first-order valence-corrected chi connectivity index (χ1v) is 12.8. The van der Waals surface area contributed by atoms with Crippen molar-refractivity contribution in [2.75, 3.05) is 62.8 Å². The van der Waals surface area contributed by atoms with Crippen LogP contribution in [0.1, 0.15) is 5.89 Å². The van der Waals surface area contributed by atoms with Crippen molar-refractivity contribution in [2.24, 2.45) is 0 Å². The van der Waals surface area contributed by atoms with Gasteiger partial charge in [-0.15, -0.1) is 0 Å². The fourth-order valence-corrected chi connectivity index (χ4v) is 5.51. The highest BCUT2D eigenvalue weighted by Gasteiger charge is 2.28. The van der Waals surface area contributed by atoms with E-state index in [1.54, 1.807) is 18.2 Å². The first-order valence-electron chi connectivity index (χ1n) is 11.4. The molecular formula is C24H26N4O6S. The number of carbonyl (C=O) groups is 1. The Bertz CT molecular complexity index is 1310. The highest BCUT2D eigenvalue weighted by Crippen LogP contribution is 2.31. The second-order valence-corrected chi connectivity index (χ2v) is 10.1. The summed E-state index contributed by atoms with van der Waals surface area (Å²) in [7, 11) is -3.72. The zero-order valence-electron chi connectivity index (χ0n) is 19.1. The van der Waals surface area contributed by atoms with Gasteiger partial charge in [-0.1, -0.05) is 12.1 Å². The van der Waals surface area contributed by atoms with Crippen LogP contribution in [0.15, 0.2) is 57.9 Å². The van der Waals surface area contributed by atoms with Gasteiger partial charge in [0, 0.05) is 38.3 Å². The van der Waals surface area contributed by atoms with Crippen LogP contribution in [-0.2, 0) is 24.3 Å². The fourth-order valence-electron chi connectivity index (χ4n) is 4.07. The Balaban J connectivity index is 1.41. The van der Waals surface area contributed by atoms with E-state index in [4.69, 9.17) is 13.9 Å². The molecule has 2 aliphatic heterocycles. The first kappa shape index (κ1) is 23.5. The molecule has 184 valence electrons. The van der Waals surface area contributed by atoms with Gasteiger partial charge in [-0.05, 0) is 30.3 Å². The molecule has 3 aromatic rings. The molecule has 5 rings (SSSR count). The van der Waals surface area contributed by atoms with Gasteiger partial charge >= 0.3 is 0 Å². The van der Waals surface area contributed by atoms with Crippen LogP contribution >= 0.6 is 0 Å². The number of rotatable bonds is 6. The van der Waals surface area contributed by atoms with Crippen molar-refractivity contribution in [1.82, 2.24) is 9.29 Å². The molecule has 2 aromatic carbocycles. The van der Waals surface area contributed by atoms with Crippen molar-refractivity contribution < 1.29 is 27.1 Å². The van der Waals surface area contributed by atoms with Gasteiger partial charge in [0.1, 0.15) is 5.52 Å². The number of sulfonamides is 1. The third kappa shape index (κ3) is 5.22. The normalized spacial score (nSPS) is 17.8. The van der Waals surface area contributed by atoms with Gasteiger partial charge in [-0.2, -0.15) is 4.31 Å². The first-order chi connectivity index (χ1) is 17.0. The summed E-state index contributed by atoms with van der Waals surface area (Å²) in [4.78, 5) is 19.3. The summed E-state index contributed by atoms with van der Waals surface area (Å²) >= 11 is 0. The Morgan fingerprint density at radius 1 is 0.971 bits per heavy atom. The van der Waals surface area contributed by atoms with Gasteiger partial charge in [0.05, 0.1) is 42.7 Å². The van der Waals surface area contributed by atoms with Crippen LogP contribution in [0.2, 0.25) is 0 Å². The van der Waals surface area contributed by atoms with E-state index in [1.165, 1.54) is 22.5 Å². The van der Waals surface area contributed by atoms with Crippen LogP contribution in [0.4, 0.5) is 11.4 Å². The number of nitrogens with one attached hydrogen (secondary N) is 1. The predicted octanol–water partition coefficient (Wildman–Crippen LogP) is 2.34. The minimum absolute atomic E-state index is 0.120. The molecule has 35 heavy (non-hydrogen) atoms. The third-order valence-corrected chi connectivity index (χ3v) is 7.77. The number of hydrogen-bond donors (Lipinski definition) is 1. The van der Waals surface area contributed by atoms with E-state index in [0.29, 0.717) is 75.3 Å². The minimum Gasteiger partial charge on any atom is -0.437 e. The lowest BCUT2D eigenvalue weighted by Gasteiger charge is -2.31. The van der Waals surface area contributed by atoms with Gasteiger partial charge in [-0.3, -0.25) is 4.79 Å². The zero-order valence-corrected chi connectivity index (χ0v) is 19.9. The van der Waals surface area contributed by atoms with E-state index >= 15 is 0 Å². The molecule has 2 aliphatic rings. The number of oxazole rings is 1. The van der Waals surface area contributed by atoms with Crippen LogP contribution in [0.3, 0.4) is 0 Å². The molecule has 11 heteroatoms. The predicted molar refractivity (Wildman–Crippen MR) is 131 cm³/mol. The van der Waals surface area contributed by atoms with E-state index in [2.05, 4.69) is 15.2 Å². The van der Waals surface area contributed by atoms with Crippen molar-refractivity contribution in [3.05, 3.63) is 54.4 Å². The maximum atomic E-state index is 13.2. The van der Waals surface area contributed by atoms with Crippen molar-refractivity contribution >= 4 is 44.5 Å². The maximum Gasteiger partial charge on any atom is 0.248 e. The molecule has 3 heterocycles. The molecule has 0 atom stereocenters. The SMILES string of the molecule is O=C(C=Cc1nc2ccccc2o1)Nc1cc(S(=O)(=O)N2CCOCC2)ccc1N1CCOCC1. The second-order valence-electron chi connectivity index (χ2n) is 8.14. The molecule has 1 aromatic heterocycles. The smallest absolute Gasteiger partial charge is 0.248 e. The zero-order chi connectivity index (χ0) is 24.3. The van der Waals surface area contributed by atoms with Gasteiger partial charge in [0.15, 0.2) is 5.58 Å². The Morgan fingerprint density at radius 3 is 2.43 bits per heavy atom. The summed E-state index contributed by atoms with van der Waals surface area (Å²) in [6, 6.07) is 12.2. The average Bonchev–Trinajstić information content (AvgIpc) is 3.32. The lowest BCUT2D eigenvalue weighted by Crippen LogP contribution is -2.40. The van der Waals surface area contributed by atoms with Crippen LogP contribution < -0.4 is 10.2 Å². The minimum atomic E-state index is -3.72. The number of hydrogen-bond acceptors (Lipinski definition) is 8. The molecule has 0 saturated carbocycles. The lowest BCUT2D eigenvalue weighted by atomic mass is 10.2. The van der Waals surface area contributed by atoms with E-state index in [1.807, 2.05) is 18.2 Å². The summed E-state index contributed by atoms with van der Waals surface area (Å²) in [6.07, 6.45) is 2.80. The van der Waals surface area contributed by atoms with Crippen molar-refractivity contribution in [2.45, 2.75) is 4.90 Å². The molecule has 0 bridgehead atoms. The fraction of sp³-hybridized carbons (Fsp3) is 0.333. The monoisotopic (exact) mass is 498 g/mol. The largest absolute Gasteiger partial charge is 0.437 e. The summed E-state index contributed by atoms with van der Waals surface area (Å²) in [6.45, 7) is 3.68. The van der Waals surface area contributed by atoms with E-state index in [9.17, 15) is 13.2 Å². The summed E-state index contributed by atoms with van der Waals surface area (Å²) in [5.41, 5.74) is 2.47. The number of morpholine rings is 2. The summed E-state index contributed by atoms with van der Waals surface area (Å²) in [5.74, 6) is -0.124. The molecule has 1 N–H and O–H groups in total. The van der Waals surface area contributed by atoms with Crippen LogP contribution in [-0.4, -0.2) is 76.2 Å². The number of fused-ring (bicyclic) bond motifs is 1. The molecule has 10 nitrogen and oxygen atoms in total. The number of benzene rings is 2. The lowest BCUT2D eigenvalue weighted by molar-refractivity contribution is -0.111. The number of amides is 1. The summed E-state index contributed by atoms with van der Waals surface area (Å²) < 4.78 is 44.1. The van der Waals surface area contributed by atoms with Gasteiger partial charge in [-0.25, -0.2) is 13.4 Å². The average molecular weight is 499 g/mol. The highest BCUT2D eigenvalue weighted by atomic mass is 32.2. The Kier molecular flexibility index (Phi) is 6.82. The van der Waals surface area contributed by atoms with Crippen LogP contribution in [0, 0.1) is 0 Å². The molecule has 1 amide bonds. The topological polar surface area (TPSA) is 114 Å². The molecular weight excluding hydrogens is 472 g/mol. The van der Waals surface area contributed by atoms with Crippen LogP contribution in [0.5, 0.6) is 0 Å². The molecule has 2 fully saturated rings. The van der Waals surface area contributed by atoms with Crippen LogP contribution in [0.25, 0.3) is 17.2 Å². The van der Waals surface area contributed by atoms with Crippen molar-refractivity contribution in [3.63, 3.8) is 0 Å². The standard InChI is InChI=1S/C24H26N4O6S/c29-23(7-8-24-26-19-3-1-2-4-22(19)34-24)25-20-17-18(35(30,31)28-11-15-33-16-12-28)5-6-21(20)27-9-13-32-14-10-27/h1-8,17H,9-16H2,(H,25,29). The van der Waals surface area contributed by atoms with E-state index in [0.717, 1.165) is 5.69 Å². The second kappa shape index (κ2) is 10.2. The van der Waals surface area contributed by atoms with E-state index in [-0.39, 0.29) is 4.90 Å². The number of carbonyl (C=O) groups excluding carboxylic acids is 1. The number of anilines is 2. The third-order valence-electron chi connectivity index (χ3n) is 5.87. The quantitative estimate of drug-likeness (QED) is 0.515. The van der Waals surface area contributed by atoms with Crippen molar-refractivity contribution in [1.29, 1.82) is 0 Å². The Hall–Kier alpha value is -3.25. The molecule has 2 saturated heterocycles. The maximum absolute atomic E-state index is 13.2. The molecule has 0 radical (unpaired) electrons. The number of para-hydroxylation sites is 2. The van der Waals surface area contributed by atoms with Gasteiger partial charge in [0.25, 0.3) is 0 Å². The van der Waals surface area contributed by atoms with Gasteiger partial charge < -0.3 is 24.1 Å². The van der Waals surface area contributed by atoms with Crippen molar-refractivity contribution in [3.8, 4) is 0 Å². The molecule has 0 unspecified atom stereocenters. The highest BCUT2D eigenvalue weighted by molar-refractivity contribution is 7.89. The summed E-state index contributed by atoms with van der Waals surface area (Å²) in [5, 5.41) is 2.84. The van der Waals surface area contributed by atoms with Gasteiger partial charge in [0.2, 0.25) is 21.8 Å². The Morgan fingerprint density at radius 2 is 1.69 bits per heavy atom.